The molecule has 0 aliphatic carbocycles. The molecule has 9 nitrogen and oxygen atoms in total. The number of nitrogen functional groups attached to an aromatic ring is 1. The minimum atomic E-state index is -4.55. The summed E-state index contributed by atoms with van der Waals surface area (Å²) in [4.78, 5) is 20.8. The van der Waals surface area contributed by atoms with Crippen LogP contribution in [0.25, 0.3) is 10.9 Å². The standard InChI is InChI=1S/C23H25F3N4O5/c1-4-34-22(31)21-29-17-11-18(33-3)19(35-6-5-32-2)10-16(17)20(30-21)28-12-13-7-14(23(24,25)26)9-15(27)8-13/h7-11H,4-6,12,27H2,1-3H3,(H,28,29,30). The number of benzene rings is 2. The summed E-state index contributed by atoms with van der Waals surface area (Å²) in [5.41, 5.74) is 5.38. The largest absolute Gasteiger partial charge is 0.493 e. The first-order chi connectivity index (χ1) is 16.7. The van der Waals surface area contributed by atoms with E-state index in [0.717, 1.165) is 12.1 Å². The Hall–Kier alpha value is -3.80. The van der Waals surface area contributed by atoms with Crippen LogP contribution in [0.3, 0.4) is 0 Å². The Kier molecular flexibility index (Phi) is 8.18. The summed E-state index contributed by atoms with van der Waals surface area (Å²) in [5, 5.41) is 3.43. The molecule has 0 saturated carbocycles. The van der Waals surface area contributed by atoms with Crippen LogP contribution in [0, 0.1) is 0 Å². The van der Waals surface area contributed by atoms with Gasteiger partial charge in [-0.2, -0.15) is 13.2 Å². The van der Waals surface area contributed by atoms with E-state index >= 15 is 0 Å². The summed E-state index contributed by atoms with van der Waals surface area (Å²) < 4.78 is 60.7. The SMILES string of the molecule is CCOC(=O)c1nc(NCc2cc(N)cc(C(F)(F)F)c2)c2cc(OCCOC)c(OC)cc2n1. The third kappa shape index (κ3) is 6.41. The smallest absolute Gasteiger partial charge is 0.416 e. The molecule has 0 spiro atoms. The van der Waals surface area contributed by atoms with Crippen LogP contribution in [-0.2, 0) is 22.2 Å². The van der Waals surface area contributed by atoms with E-state index in [-0.39, 0.29) is 42.7 Å². The number of nitrogens with zero attached hydrogens (tertiary/aromatic N) is 2. The molecule has 35 heavy (non-hydrogen) atoms. The number of carbonyl (C=O) groups excluding carboxylic acids is 1. The maximum absolute atomic E-state index is 13.2. The highest BCUT2D eigenvalue weighted by molar-refractivity contribution is 5.95. The molecule has 3 aromatic rings. The number of ether oxygens (including phenoxy) is 4. The number of methoxy groups -OCH3 is 2. The van der Waals surface area contributed by atoms with Gasteiger partial charge in [-0.15, -0.1) is 0 Å². The Balaban J connectivity index is 2.04. The molecule has 0 saturated heterocycles. The van der Waals surface area contributed by atoms with Crippen molar-refractivity contribution >= 4 is 28.4 Å². The molecule has 0 atom stereocenters. The number of anilines is 2. The minimum Gasteiger partial charge on any atom is -0.493 e. The number of aromatic nitrogens is 2. The summed E-state index contributed by atoms with van der Waals surface area (Å²) in [6, 6.07) is 6.44. The van der Waals surface area contributed by atoms with Crippen molar-refractivity contribution in [2.45, 2.75) is 19.6 Å². The Morgan fingerprint density at radius 1 is 1.06 bits per heavy atom. The van der Waals surface area contributed by atoms with Crippen molar-refractivity contribution in [1.82, 2.24) is 9.97 Å². The zero-order valence-electron chi connectivity index (χ0n) is 19.4. The number of alkyl halides is 3. The molecule has 0 bridgehead atoms. The van der Waals surface area contributed by atoms with Gasteiger partial charge in [-0.05, 0) is 36.8 Å². The Bertz CT molecular complexity index is 1200. The first-order valence-corrected chi connectivity index (χ1v) is 10.6. The van der Waals surface area contributed by atoms with E-state index in [1.165, 1.54) is 20.3 Å². The minimum absolute atomic E-state index is 0.0325. The van der Waals surface area contributed by atoms with E-state index < -0.39 is 17.7 Å². The third-order valence-electron chi connectivity index (χ3n) is 4.79. The molecule has 0 unspecified atom stereocenters. The Morgan fingerprint density at radius 2 is 1.83 bits per heavy atom. The second-order valence-corrected chi connectivity index (χ2v) is 7.29. The molecule has 0 radical (unpaired) electrons. The first kappa shape index (κ1) is 25.8. The number of nitrogens with two attached hydrogens (primary N) is 1. The molecule has 3 N–H and O–H groups in total. The van der Waals surface area contributed by atoms with E-state index in [1.54, 1.807) is 19.1 Å². The fourth-order valence-electron chi connectivity index (χ4n) is 3.24. The summed E-state index contributed by atoms with van der Waals surface area (Å²) in [7, 11) is 2.99. The van der Waals surface area contributed by atoms with Gasteiger partial charge >= 0.3 is 12.1 Å². The number of hydrogen-bond acceptors (Lipinski definition) is 9. The molecule has 12 heteroatoms. The maximum Gasteiger partial charge on any atom is 0.416 e. The van der Waals surface area contributed by atoms with Crippen molar-refractivity contribution in [3.8, 4) is 11.5 Å². The van der Waals surface area contributed by atoms with E-state index in [1.807, 2.05) is 0 Å². The normalized spacial score (nSPS) is 11.4. The fraction of sp³-hybridized carbons (Fsp3) is 0.348. The van der Waals surface area contributed by atoms with E-state index in [9.17, 15) is 18.0 Å². The molecule has 0 aliphatic heterocycles. The van der Waals surface area contributed by atoms with Gasteiger partial charge in [-0.1, -0.05) is 0 Å². The quantitative estimate of drug-likeness (QED) is 0.244. The van der Waals surface area contributed by atoms with Crippen molar-refractivity contribution in [2.75, 3.05) is 45.1 Å². The maximum atomic E-state index is 13.2. The average Bonchev–Trinajstić information content (AvgIpc) is 2.81. The fourth-order valence-corrected chi connectivity index (χ4v) is 3.24. The predicted octanol–water partition coefficient (Wildman–Crippen LogP) is 4.05. The lowest BCUT2D eigenvalue weighted by atomic mass is 10.1. The van der Waals surface area contributed by atoms with Gasteiger partial charge in [0.1, 0.15) is 12.4 Å². The molecule has 0 amide bonds. The van der Waals surface area contributed by atoms with Crippen LogP contribution in [0.5, 0.6) is 11.5 Å². The second-order valence-electron chi connectivity index (χ2n) is 7.29. The van der Waals surface area contributed by atoms with Crippen LogP contribution in [0.2, 0.25) is 0 Å². The predicted molar refractivity (Wildman–Crippen MR) is 123 cm³/mol. The first-order valence-electron chi connectivity index (χ1n) is 10.6. The molecule has 3 rings (SSSR count). The molecule has 188 valence electrons. The Labute approximate surface area is 199 Å². The van der Waals surface area contributed by atoms with Crippen molar-refractivity contribution in [1.29, 1.82) is 0 Å². The number of carbonyl (C=O) groups is 1. The van der Waals surface area contributed by atoms with Crippen LogP contribution in [0.4, 0.5) is 24.7 Å². The second kappa shape index (κ2) is 11.1. The lowest BCUT2D eigenvalue weighted by Gasteiger charge is -2.15. The number of hydrogen-bond donors (Lipinski definition) is 2. The van der Waals surface area contributed by atoms with Gasteiger partial charge in [0.05, 0.1) is 31.4 Å². The van der Waals surface area contributed by atoms with Gasteiger partial charge in [0.2, 0.25) is 5.82 Å². The molecule has 0 fully saturated rings. The van der Waals surface area contributed by atoms with Gasteiger partial charge in [0, 0.05) is 30.8 Å². The Morgan fingerprint density at radius 3 is 2.49 bits per heavy atom. The summed E-state index contributed by atoms with van der Waals surface area (Å²) in [6.45, 7) is 2.27. The van der Waals surface area contributed by atoms with Gasteiger partial charge in [-0.25, -0.2) is 14.8 Å². The topological polar surface area (TPSA) is 118 Å². The number of fused-ring (bicyclic) bond motifs is 1. The molecule has 1 heterocycles. The molecule has 2 aromatic carbocycles. The van der Waals surface area contributed by atoms with Crippen molar-refractivity contribution in [3.05, 3.63) is 47.3 Å². The van der Waals surface area contributed by atoms with Crippen molar-refractivity contribution in [2.24, 2.45) is 0 Å². The van der Waals surface area contributed by atoms with Gasteiger partial charge in [0.15, 0.2) is 11.5 Å². The summed E-state index contributed by atoms with van der Waals surface area (Å²) >= 11 is 0. The summed E-state index contributed by atoms with van der Waals surface area (Å²) in [5.74, 6) is -0.0523. The van der Waals surface area contributed by atoms with Gasteiger partial charge in [0.25, 0.3) is 0 Å². The number of halogens is 3. The van der Waals surface area contributed by atoms with Crippen LogP contribution in [0.1, 0.15) is 28.7 Å². The molecule has 0 aliphatic rings. The van der Waals surface area contributed by atoms with Crippen LogP contribution >= 0.6 is 0 Å². The van der Waals surface area contributed by atoms with Crippen molar-refractivity contribution < 1.29 is 36.9 Å². The lowest BCUT2D eigenvalue weighted by molar-refractivity contribution is -0.137. The third-order valence-corrected chi connectivity index (χ3v) is 4.79. The highest BCUT2D eigenvalue weighted by Gasteiger charge is 2.31. The van der Waals surface area contributed by atoms with Crippen LogP contribution in [-0.4, -0.2) is 50.0 Å². The van der Waals surface area contributed by atoms with Gasteiger partial charge in [-0.3, -0.25) is 0 Å². The average molecular weight is 494 g/mol. The van der Waals surface area contributed by atoms with Gasteiger partial charge < -0.3 is 30.0 Å². The lowest BCUT2D eigenvalue weighted by Crippen LogP contribution is -2.13. The molecule has 1 aromatic heterocycles. The monoisotopic (exact) mass is 494 g/mol. The zero-order valence-corrected chi connectivity index (χ0v) is 19.4. The zero-order chi connectivity index (χ0) is 25.6. The highest BCUT2D eigenvalue weighted by atomic mass is 19.4. The van der Waals surface area contributed by atoms with Crippen LogP contribution in [0.15, 0.2) is 30.3 Å². The number of nitrogens with one attached hydrogen (secondary N) is 1. The van der Waals surface area contributed by atoms with E-state index in [4.69, 9.17) is 24.7 Å². The molecular weight excluding hydrogens is 469 g/mol. The molecular formula is C23H25F3N4O5. The number of esters is 1. The summed E-state index contributed by atoms with van der Waals surface area (Å²) in [6.07, 6.45) is -4.55. The van der Waals surface area contributed by atoms with Crippen molar-refractivity contribution in [3.63, 3.8) is 0 Å². The van der Waals surface area contributed by atoms with Crippen LogP contribution < -0.4 is 20.5 Å². The van der Waals surface area contributed by atoms with E-state index in [2.05, 4.69) is 15.3 Å². The number of rotatable bonds is 10. The highest BCUT2D eigenvalue weighted by Crippen LogP contribution is 2.35. The van der Waals surface area contributed by atoms with E-state index in [0.29, 0.717) is 29.0 Å².